The molecular weight excluding hydrogens is 250 g/mol. The first-order valence-corrected chi connectivity index (χ1v) is 7.38. The molecule has 4 heteroatoms. The third-order valence-corrected chi connectivity index (χ3v) is 4.08. The fourth-order valence-electron chi connectivity index (χ4n) is 3.00. The van der Waals surface area contributed by atoms with Gasteiger partial charge >= 0.3 is 0 Å². The van der Waals surface area contributed by atoms with E-state index in [1.54, 1.807) is 7.11 Å². The van der Waals surface area contributed by atoms with Crippen molar-refractivity contribution >= 4 is 11.5 Å². The van der Waals surface area contributed by atoms with Gasteiger partial charge in [0.2, 0.25) is 0 Å². The number of para-hydroxylation sites is 1. The number of hydrogen-bond donors (Lipinski definition) is 2. The maximum atomic E-state index is 7.47. The number of hydrogen-bond acceptors (Lipinski definition) is 3. The second-order valence-corrected chi connectivity index (χ2v) is 5.48. The van der Waals surface area contributed by atoms with Gasteiger partial charge in [-0.3, -0.25) is 5.41 Å². The van der Waals surface area contributed by atoms with E-state index in [-0.39, 0.29) is 5.84 Å². The van der Waals surface area contributed by atoms with Gasteiger partial charge in [0.25, 0.3) is 0 Å². The molecule has 20 heavy (non-hydrogen) atoms. The minimum Gasteiger partial charge on any atom is -0.388 e. The molecule has 2 atom stereocenters. The van der Waals surface area contributed by atoms with Gasteiger partial charge in [0.15, 0.2) is 0 Å². The van der Waals surface area contributed by atoms with Crippen LogP contribution >= 0.6 is 0 Å². The van der Waals surface area contributed by atoms with Crippen molar-refractivity contribution in [3.05, 3.63) is 30.3 Å². The number of anilines is 1. The van der Waals surface area contributed by atoms with E-state index in [4.69, 9.17) is 15.9 Å². The highest BCUT2D eigenvalue weighted by Gasteiger charge is 2.26. The van der Waals surface area contributed by atoms with Crippen LogP contribution < -0.4 is 10.6 Å². The van der Waals surface area contributed by atoms with E-state index >= 15 is 0 Å². The molecule has 0 amide bonds. The van der Waals surface area contributed by atoms with E-state index in [9.17, 15) is 0 Å². The Morgan fingerprint density at radius 3 is 2.75 bits per heavy atom. The van der Waals surface area contributed by atoms with Gasteiger partial charge in [-0.05, 0) is 37.8 Å². The summed E-state index contributed by atoms with van der Waals surface area (Å²) < 4.78 is 5.54. The first-order valence-electron chi connectivity index (χ1n) is 7.38. The standard InChI is InChI=1S/C16H25N3O/c1-20-15-9-5-8-14(12-15)19(11-10-16(17)18)13-6-3-2-4-7-13/h2-4,6-7,14-15H,5,8-12H2,1H3,(H3,17,18). The number of ether oxygens (including phenoxy) is 1. The van der Waals surface area contributed by atoms with Crippen molar-refractivity contribution in [2.45, 2.75) is 44.2 Å². The molecule has 1 aliphatic carbocycles. The molecule has 2 unspecified atom stereocenters. The number of nitrogens with one attached hydrogen (secondary N) is 1. The number of nitrogens with zero attached hydrogens (tertiary/aromatic N) is 1. The van der Waals surface area contributed by atoms with Crippen LogP contribution in [0.2, 0.25) is 0 Å². The molecule has 0 saturated heterocycles. The fraction of sp³-hybridized carbons (Fsp3) is 0.562. The molecule has 1 aromatic carbocycles. The van der Waals surface area contributed by atoms with Crippen LogP contribution in [-0.2, 0) is 4.74 Å². The molecule has 110 valence electrons. The Morgan fingerprint density at radius 2 is 2.10 bits per heavy atom. The number of nitrogens with two attached hydrogens (primary N) is 1. The lowest BCUT2D eigenvalue weighted by molar-refractivity contribution is 0.0631. The van der Waals surface area contributed by atoms with Crippen LogP contribution in [0.3, 0.4) is 0 Å². The van der Waals surface area contributed by atoms with E-state index in [1.165, 1.54) is 18.5 Å². The summed E-state index contributed by atoms with van der Waals surface area (Å²) in [6.45, 7) is 0.806. The van der Waals surface area contributed by atoms with Crippen LogP contribution in [0.15, 0.2) is 30.3 Å². The van der Waals surface area contributed by atoms with E-state index in [2.05, 4.69) is 29.2 Å². The van der Waals surface area contributed by atoms with Crippen molar-refractivity contribution < 1.29 is 4.74 Å². The van der Waals surface area contributed by atoms with Crippen molar-refractivity contribution in [3.8, 4) is 0 Å². The highest BCUT2D eigenvalue weighted by atomic mass is 16.5. The van der Waals surface area contributed by atoms with Crippen molar-refractivity contribution in [3.63, 3.8) is 0 Å². The van der Waals surface area contributed by atoms with Gasteiger partial charge in [0, 0.05) is 31.8 Å². The molecule has 1 aromatic rings. The van der Waals surface area contributed by atoms with Crippen LogP contribution in [0, 0.1) is 5.41 Å². The fourth-order valence-corrected chi connectivity index (χ4v) is 3.00. The van der Waals surface area contributed by atoms with E-state index < -0.39 is 0 Å². The van der Waals surface area contributed by atoms with E-state index in [0.717, 1.165) is 19.4 Å². The quantitative estimate of drug-likeness (QED) is 0.620. The zero-order chi connectivity index (χ0) is 14.4. The topological polar surface area (TPSA) is 62.3 Å². The van der Waals surface area contributed by atoms with Crippen LogP contribution in [0.1, 0.15) is 32.1 Å². The lowest BCUT2D eigenvalue weighted by atomic mass is 9.91. The summed E-state index contributed by atoms with van der Waals surface area (Å²) in [5.41, 5.74) is 6.75. The van der Waals surface area contributed by atoms with Gasteiger partial charge in [-0.15, -0.1) is 0 Å². The van der Waals surface area contributed by atoms with Gasteiger partial charge < -0.3 is 15.4 Å². The Morgan fingerprint density at radius 1 is 1.35 bits per heavy atom. The molecule has 0 bridgehead atoms. The lowest BCUT2D eigenvalue weighted by Crippen LogP contribution is -2.42. The van der Waals surface area contributed by atoms with Crippen molar-refractivity contribution in [1.29, 1.82) is 5.41 Å². The third kappa shape index (κ3) is 3.97. The summed E-state index contributed by atoms with van der Waals surface area (Å²) in [6.07, 6.45) is 5.57. The highest BCUT2D eigenvalue weighted by molar-refractivity contribution is 5.77. The Hall–Kier alpha value is -1.55. The van der Waals surface area contributed by atoms with Gasteiger partial charge in [-0.25, -0.2) is 0 Å². The highest BCUT2D eigenvalue weighted by Crippen LogP contribution is 2.28. The molecule has 1 saturated carbocycles. The zero-order valence-corrected chi connectivity index (χ0v) is 12.2. The SMILES string of the molecule is COC1CCCC(N(CCC(=N)N)c2ccccc2)C1. The Labute approximate surface area is 121 Å². The smallest absolute Gasteiger partial charge is 0.0923 e. The van der Waals surface area contributed by atoms with Crippen molar-refractivity contribution in [2.24, 2.45) is 5.73 Å². The second kappa shape index (κ2) is 7.29. The molecule has 3 N–H and O–H groups in total. The summed E-state index contributed by atoms with van der Waals surface area (Å²) in [5, 5.41) is 7.47. The molecule has 0 spiro atoms. The summed E-state index contributed by atoms with van der Waals surface area (Å²) in [4.78, 5) is 2.40. The minimum absolute atomic E-state index is 0.255. The monoisotopic (exact) mass is 275 g/mol. The van der Waals surface area contributed by atoms with Gasteiger partial charge in [0.05, 0.1) is 11.9 Å². The average Bonchev–Trinajstić information content (AvgIpc) is 2.48. The number of benzene rings is 1. The number of methoxy groups -OCH3 is 1. The summed E-state index contributed by atoms with van der Waals surface area (Å²) >= 11 is 0. The van der Waals surface area contributed by atoms with Gasteiger partial charge in [0.1, 0.15) is 0 Å². The number of amidine groups is 1. The summed E-state index contributed by atoms with van der Waals surface area (Å²) in [6, 6.07) is 10.9. The van der Waals surface area contributed by atoms with Gasteiger partial charge in [-0.1, -0.05) is 18.2 Å². The molecule has 4 nitrogen and oxygen atoms in total. The predicted molar refractivity (Wildman–Crippen MR) is 83.4 cm³/mol. The molecular formula is C16H25N3O. The second-order valence-electron chi connectivity index (χ2n) is 5.48. The predicted octanol–water partition coefficient (Wildman–Crippen LogP) is 2.78. The molecule has 1 aliphatic rings. The van der Waals surface area contributed by atoms with Crippen LogP contribution in [0.4, 0.5) is 5.69 Å². The average molecular weight is 275 g/mol. The number of rotatable bonds is 6. The summed E-state index contributed by atoms with van der Waals surface area (Å²) in [5.74, 6) is 0.255. The lowest BCUT2D eigenvalue weighted by Gasteiger charge is -2.38. The molecule has 0 aromatic heterocycles. The maximum Gasteiger partial charge on any atom is 0.0923 e. The summed E-state index contributed by atoms with van der Waals surface area (Å²) in [7, 11) is 1.80. The normalized spacial score (nSPS) is 22.4. The van der Waals surface area contributed by atoms with Crippen LogP contribution in [-0.4, -0.2) is 31.6 Å². The Kier molecular flexibility index (Phi) is 5.41. The minimum atomic E-state index is 0.255. The first kappa shape index (κ1) is 14.9. The van der Waals surface area contributed by atoms with Gasteiger partial charge in [-0.2, -0.15) is 0 Å². The Bertz CT molecular complexity index is 421. The zero-order valence-electron chi connectivity index (χ0n) is 12.2. The third-order valence-electron chi connectivity index (χ3n) is 4.08. The van der Waals surface area contributed by atoms with Crippen molar-refractivity contribution in [1.82, 2.24) is 0 Å². The molecule has 0 heterocycles. The van der Waals surface area contributed by atoms with Crippen LogP contribution in [0.5, 0.6) is 0 Å². The van der Waals surface area contributed by atoms with Crippen LogP contribution in [0.25, 0.3) is 0 Å². The molecule has 2 rings (SSSR count). The first-order chi connectivity index (χ1) is 9.70. The molecule has 0 radical (unpaired) electrons. The maximum absolute atomic E-state index is 7.47. The largest absolute Gasteiger partial charge is 0.388 e. The van der Waals surface area contributed by atoms with E-state index in [1.807, 2.05) is 6.07 Å². The Balaban J connectivity index is 2.11. The molecule has 1 fully saturated rings. The molecule has 0 aliphatic heterocycles. The van der Waals surface area contributed by atoms with E-state index in [0.29, 0.717) is 18.6 Å². The van der Waals surface area contributed by atoms with Crippen molar-refractivity contribution in [2.75, 3.05) is 18.6 Å².